The van der Waals surface area contributed by atoms with Gasteiger partial charge in [0.05, 0.1) is 24.0 Å². The molecule has 0 saturated heterocycles. The van der Waals surface area contributed by atoms with E-state index in [9.17, 15) is 18.0 Å². The van der Waals surface area contributed by atoms with Crippen LogP contribution in [-0.4, -0.2) is 27.0 Å². The molecule has 0 N–H and O–H groups in total. The number of nitrogens with zero attached hydrogens (tertiary/aromatic N) is 5. The highest BCUT2D eigenvalue weighted by Crippen LogP contribution is 2.28. The van der Waals surface area contributed by atoms with Crippen molar-refractivity contribution >= 4 is 17.3 Å². The van der Waals surface area contributed by atoms with Gasteiger partial charge in [-0.1, -0.05) is 16.8 Å². The van der Waals surface area contributed by atoms with Crippen molar-refractivity contribution in [2.45, 2.75) is 19.6 Å². The molecule has 0 aromatic carbocycles. The highest BCUT2D eigenvalue weighted by Gasteiger charge is 2.30. The average molecular weight is 400 g/mol. The molecule has 3 aromatic rings. The van der Waals surface area contributed by atoms with Gasteiger partial charge in [-0.25, -0.2) is 4.98 Å². The minimum atomic E-state index is -4.52. The molecular weight excluding hydrogens is 387 g/mol. The summed E-state index contributed by atoms with van der Waals surface area (Å²) in [6.07, 6.45) is -2.56. The first-order chi connectivity index (χ1) is 12.7. The largest absolute Gasteiger partial charge is 0.417 e. The van der Waals surface area contributed by atoms with E-state index in [1.165, 1.54) is 6.20 Å². The highest BCUT2D eigenvalue weighted by atomic mass is 35.5. The molecule has 0 bridgehead atoms. The summed E-state index contributed by atoms with van der Waals surface area (Å²) in [7, 11) is 1.69. The van der Waals surface area contributed by atoms with Crippen molar-refractivity contribution in [3.8, 4) is 5.82 Å². The van der Waals surface area contributed by atoms with Crippen LogP contribution in [0.15, 0.2) is 39.9 Å². The summed E-state index contributed by atoms with van der Waals surface area (Å²) in [6.45, 7) is 2.07. The molecule has 0 atom stereocenters. The number of pyridine rings is 1. The molecular formula is C16H13ClF3N5O2. The zero-order valence-electron chi connectivity index (χ0n) is 14.2. The van der Waals surface area contributed by atoms with Crippen LogP contribution >= 0.6 is 11.6 Å². The lowest BCUT2D eigenvalue weighted by atomic mass is 10.3. The molecule has 7 nitrogen and oxygen atoms in total. The van der Waals surface area contributed by atoms with Crippen LogP contribution in [0.1, 0.15) is 17.0 Å². The minimum Gasteiger partial charge on any atom is -0.366 e. The van der Waals surface area contributed by atoms with Gasteiger partial charge in [-0.3, -0.25) is 4.79 Å². The van der Waals surface area contributed by atoms with Crippen molar-refractivity contribution in [3.05, 3.63) is 63.0 Å². The Kier molecular flexibility index (Phi) is 4.92. The van der Waals surface area contributed by atoms with Crippen molar-refractivity contribution < 1.29 is 17.7 Å². The molecule has 0 fully saturated rings. The summed E-state index contributed by atoms with van der Waals surface area (Å²) in [4.78, 5) is 17.8. The smallest absolute Gasteiger partial charge is 0.366 e. The molecule has 142 valence electrons. The standard InChI is InChI=1S/C16H13ClF3N5O2/c1-9-5-11(23-27-9)8-24(2)12-7-22-25(15(26)14(12)17)13-4-3-10(6-21-13)16(18,19)20/h3-7H,8H2,1-2H3. The summed E-state index contributed by atoms with van der Waals surface area (Å²) in [5.41, 5.74) is -0.653. The molecule has 3 rings (SSSR count). The first kappa shape index (κ1) is 18.9. The van der Waals surface area contributed by atoms with Crippen LogP contribution in [0.25, 0.3) is 5.82 Å². The average Bonchev–Trinajstić information content (AvgIpc) is 3.01. The first-order valence-corrected chi connectivity index (χ1v) is 7.99. The second-order valence-electron chi connectivity index (χ2n) is 5.75. The molecule has 0 radical (unpaired) electrons. The van der Waals surface area contributed by atoms with Crippen LogP contribution in [0.2, 0.25) is 5.02 Å². The van der Waals surface area contributed by atoms with Crippen molar-refractivity contribution in [2.75, 3.05) is 11.9 Å². The number of hydrogen-bond donors (Lipinski definition) is 0. The molecule has 0 aliphatic heterocycles. The quantitative estimate of drug-likeness (QED) is 0.670. The van der Waals surface area contributed by atoms with E-state index < -0.39 is 17.3 Å². The summed E-state index contributed by atoms with van der Waals surface area (Å²) >= 11 is 6.15. The number of aryl methyl sites for hydroxylation is 1. The maximum atomic E-state index is 12.6. The van der Waals surface area contributed by atoms with Crippen LogP contribution in [0.4, 0.5) is 18.9 Å². The molecule has 0 unspecified atom stereocenters. The predicted molar refractivity (Wildman–Crippen MR) is 91.0 cm³/mol. The molecule has 0 aliphatic carbocycles. The molecule has 0 saturated carbocycles. The van der Waals surface area contributed by atoms with Crippen LogP contribution < -0.4 is 10.5 Å². The van der Waals surface area contributed by atoms with E-state index in [1.54, 1.807) is 24.9 Å². The Balaban J connectivity index is 1.89. The van der Waals surface area contributed by atoms with Crippen LogP contribution in [-0.2, 0) is 12.7 Å². The topological polar surface area (TPSA) is 77.1 Å². The highest BCUT2D eigenvalue weighted by molar-refractivity contribution is 6.33. The normalized spacial score (nSPS) is 11.6. The SMILES string of the molecule is Cc1cc(CN(C)c2cnn(-c3ccc(C(F)(F)F)cn3)c(=O)c2Cl)no1. The maximum Gasteiger partial charge on any atom is 0.417 e. The van der Waals surface area contributed by atoms with Gasteiger partial charge in [-0.2, -0.15) is 23.0 Å². The van der Waals surface area contributed by atoms with E-state index in [0.29, 0.717) is 29.9 Å². The Morgan fingerprint density at radius 2 is 2.04 bits per heavy atom. The lowest BCUT2D eigenvalue weighted by Gasteiger charge is -2.19. The number of hydrogen-bond acceptors (Lipinski definition) is 6. The fraction of sp³-hybridized carbons (Fsp3) is 0.250. The van der Waals surface area contributed by atoms with E-state index in [-0.39, 0.29) is 10.8 Å². The maximum absolute atomic E-state index is 12.6. The second kappa shape index (κ2) is 7.03. The monoisotopic (exact) mass is 399 g/mol. The zero-order valence-corrected chi connectivity index (χ0v) is 14.9. The van der Waals surface area contributed by atoms with Gasteiger partial charge in [0.25, 0.3) is 5.56 Å². The molecule has 3 aromatic heterocycles. The van der Waals surface area contributed by atoms with Gasteiger partial charge in [0.2, 0.25) is 0 Å². The Labute approximate surface area is 156 Å². The van der Waals surface area contributed by atoms with Gasteiger partial charge >= 0.3 is 6.18 Å². The number of anilines is 1. The number of rotatable bonds is 4. The summed E-state index contributed by atoms with van der Waals surface area (Å²) in [5, 5.41) is 7.68. The number of halogens is 4. The van der Waals surface area contributed by atoms with Crippen molar-refractivity contribution in [1.29, 1.82) is 0 Å². The van der Waals surface area contributed by atoms with Crippen molar-refractivity contribution in [3.63, 3.8) is 0 Å². The van der Waals surface area contributed by atoms with Crippen LogP contribution in [0.5, 0.6) is 0 Å². The Morgan fingerprint density at radius 1 is 1.30 bits per heavy atom. The lowest BCUT2D eigenvalue weighted by Crippen LogP contribution is -2.27. The summed E-state index contributed by atoms with van der Waals surface area (Å²) < 4.78 is 43.7. The minimum absolute atomic E-state index is 0.0729. The molecule has 27 heavy (non-hydrogen) atoms. The third-order valence-corrected chi connectivity index (χ3v) is 4.04. The molecule has 0 aliphatic rings. The fourth-order valence-corrected chi connectivity index (χ4v) is 2.63. The predicted octanol–water partition coefficient (Wildman–Crippen LogP) is 3.23. The third kappa shape index (κ3) is 3.95. The third-order valence-electron chi connectivity index (χ3n) is 3.68. The van der Waals surface area contributed by atoms with E-state index in [4.69, 9.17) is 16.1 Å². The second-order valence-corrected chi connectivity index (χ2v) is 6.13. The Bertz CT molecular complexity index is 1010. The van der Waals surface area contributed by atoms with Crippen molar-refractivity contribution in [2.24, 2.45) is 0 Å². The summed E-state index contributed by atoms with van der Waals surface area (Å²) in [5.74, 6) is 0.572. The molecule has 0 amide bonds. The Morgan fingerprint density at radius 3 is 2.59 bits per heavy atom. The fourth-order valence-electron chi connectivity index (χ4n) is 2.35. The van der Waals surface area contributed by atoms with Gasteiger partial charge < -0.3 is 9.42 Å². The number of alkyl halides is 3. The number of aromatic nitrogens is 4. The van der Waals surface area contributed by atoms with E-state index in [1.807, 2.05) is 0 Å². The summed E-state index contributed by atoms with van der Waals surface area (Å²) in [6, 6.07) is 3.61. The van der Waals surface area contributed by atoms with Gasteiger partial charge in [0.15, 0.2) is 5.82 Å². The Hall–Kier alpha value is -2.88. The van der Waals surface area contributed by atoms with E-state index >= 15 is 0 Å². The molecule has 11 heteroatoms. The van der Waals surface area contributed by atoms with E-state index in [0.717, 1.165) is 16.8 Å². The van der Waals surface area contributed by atoms with E-state index in [2.05, 4.69) is 15.2 Å². The molecule has 0 spiro atoms. The van der Waals surface area contributed by atoms with Gasteiger partial charge in [-0.15, -0.1) is 0 Å². The first-order valence-electron chi connectivity index (χ1n) is 7.61. The van der Waals surface area contributed by atoms with Gasteiger partial charge in [-0.05, 0) is 19.1 Å². The van der Waals surface area contributed by atoms with Crippen LogP contribution in [0.3, 0.4) is 0 Å². The van der Waals surface area contributed by atoms with Gasteiger partial charge in [0, 0.05) is 19.3 Å². The van der Waals surface area contributed by atoms with Crippen molar-refractivity contribution in [1.82, 2.24) is 19.9 Å². The molecule has 3 heterocycles. The zero-order chi connectivity index (χ0) is 19.8. The van der Waals surface area contributed by atoms with Gasteiger partial charge in [0.1, 0.15) is 16.5 Å². The lowest BCUT2D eigenvalue weighted by molar-refractivity contribution is -0.137. The van der Waals surface area contributed by atoms with Crippen LogP contribution in [0, 0.1) is 6.92 Å².